The van der Waals surface area contributed by atoms with Gasteiger partial charge in [-0.25, -0.2) is 4.98 Å². The van der Waals surface area contributed by atoms with Crippen molar-refractivity contribution in [3.8, 4) is 11.5 Å². The van der Waals surface area contributed by atoms with E-state index in [4.69, 9.17) is 14.2 Å². The Kier molecular flexibility index (Phi) is 4.95. The molecule has 142 valence electrons. The van der Waals surface area contributed by atoms with Crippen molar-refractivity contribution in [2.75, 3.05) is 32.4 Å². The fraction of sp³-hybridized carbons (Fsp3) is 0.389. The Morgan fingerprint density at radius 3 is 3.04 bits per heavy atom. The van der Waals surface area contributed by atoms with Crippen molar-refractivity contribution in [2.45, 2.75) is 18.8 Å². The molecule has 1 aliphatic heterocycles. The van der Waals surface area contributed by atoms with Crippen molar-refractivity contribution in [3.05, 3.63) is 34.3 Å². The maximum atomic E-state index is 12.5. The predicted octanol–water partition coefficient (Wildman–Crippen LogP) is 1.92. The number of fused-ring (bicyclic) bond motifs is 2. The lowest BCUT2D eigenvalue weighted by atomic mass is 10.1. The van der Waals surface area contributed by atoms with E-state index in [1.807, 2.05) is 0 Å². The number of anilines is 1. The molecule has 0 unspecified atom stereocenters. The van der Waals surface area contributed by atoms with Crippen LogP contribution in [0.2, 0.25) is 0 Å². The highest BCUT2D eigenvalue weighted by Gasteiger charge is 2.32. The van der Waals surface area contributed by atoms with E-state index in [0.717, 1.165) is 23.4 Å². The van der Waals surface area contributed by atoms with Crippen LogP contribution in [0.3, 0.4) is 0 Å². The average molecular weight is 389 g/mol. The number of aromatic nitrogens is 1. The molecule has 1 aliphatic carbocycles. The lowest BCUT2D eigenvalue weighted by Gasteiger charge is -2.10. The largest absolute Gasteiger partial charge is 0.454 e. The number of benzene rings is 1. The second kappa shape index (κ2) is 7.53. The zero-order chi connectivity index (χ0) is 18.8. The third-order valence-electron chi connectivity index (χ3n) is 4.49. The highest BCUT2D eigenvalue weighted by atomic mass is 32.1. The lowest BCUT2D eigenvalue weighted by Crippen LogP contribution is -2.31. The standard InChI is InChI=1S/C18H19N3O5S/c1-24-7-6-19-17(23)11-3-5-14-15(11)20-18(27-14)21-16(22)10-2-4-12-13(8-10)26-9-25-12/h2,4,8,11H,3,5-7,9H2,1H3,(H,19,23)(H,20,21,22)/t11-/m1/s1. The number of aryl methyl sites for hydroxylation is 1. The number of hydrogen-bond donors (Lipinski definition) is 2. The van der Waals surface area contributed by atoms with Crippen LogP contribution >= 0.6 is 11.3 Å². The van der Waals surface area contributed by atoms with Gasteiger partial charge < -0.3 is 19.5 Å². The molecule has 2 amide bonds. The molecule has 0 fully saturated rings. The number of methoxy groups -OCH3 is 1. The molecule has 2 N–H and O–H groups in total. The summed E-state index contributed by atoms with van der Waals surface area (Å²) in [6.07, 6.45) is 1.53. The molecule has 8 nitrogen and oxygen atoms in total. The molecule has 0 spiro atoms. The molecule has 0 radical (unpaired) electrons. The van der Waals surface area contributed by atoms with Gasteiger partial charge in [0.15, 0.2) is 16.6 Å². The Morgan fingerprint density at radius 2 is 2.19 bits per heavy atom. The molecule has 9 heteroatoms. The van der Waals surface area contributed by atoms with E-state index in [2.05, 4.69) is 15.6 Å². The number of rotatable bonds is 6. The SMILES string of the molecule is COCCNC(=O)[C@@H]1CCc2sc(NC(=O)c3ccc4c(c3)OCO4)nc21. The van der Waals surface area contributed by atoms with Gasteiger partial charge in [-0.2, -0.15) is 0 Å². The summed E-state index contributed by atoms with van der Waals surface area (Å²) in [6.45, 7) is 1.10. The highest BCUT2D eigenvalue weighted by molar-refractivity contribution is 7.16. The number of nitrogens with one attached hydrogen (secondary N) is 2. The number of thiazole rings is 1. The summed E-state index contributed by atoms with van der Waals surface area (Å²) in [6, 6.07) is 5.03. The van der Waals surface area contributed by atoms with E-state index in [1.165, 1.54) is 11.3 Å². The monoisotopic (exact) mass is 389 g/mol. The van der Waals surface area contributed by atoms with Crippen molar-refractivity contribution in [1.29, 1.82) is 0 Å². The second-order valence-electron chi connectivity index (χ2n) is 6.22. The number of ether oxygens (including phenoxy) is 3. The maximum absolute atomic E-state index is 12.5. The number of hydrogen-bond acceptors (Lipinski definition) is 7. The van der Waals surface area contributed by atoms with Gasteiger partial charge in [0.25, 0.3) is 5.91 Å². The summed E-state index contributed by atoms with van der Waals surface area (Å²) in [4.78, 5) is 30.4. The van der Waals surface area contributed by atoms with Crippen molar-refractivity contribution >= 4 is 28.3 Å². The smallest absolute Gasteiger partial charge is 0.257 e. The van der Waals surface area contributed by atoms with Crippen LogP contribution < -0.4 is 20.1 Å². The normalized spacial score (nSPS) is 16.9. The van der Waals surface area contributed by atoms with Crippen molar-refractivity contribution in [3.63, 3.8) is 0 Å². The minimum Gasteiger partial charge on any atom is -0.454 e. The number of amides is 2. The molecule has 4 rings (SSSR count). The summed E-state index contributed by atoms with van der Waals surface area (Å²) in [5.41, 5.74) is 1.22. The van der Waals surface area contributed by atoms with Crippen LogP contribution in [0.15, 0.2) is 18.2 Å². The zero-order valence-electron chi connectivity index (χ0n) is 14.7. The van der Waals surface area contributed by atoms with Crippen molar-refractivity contribution < 1.29 is 23.8 Å². The fourth-order valence-corrected chi connectivity index (χ4v) is 4.18. The molecule has 2 aromatic rings. The highest BCUT2D eigenvalue weighted by Crippen LogP contribution is 2.39. The van der Waals surface area contributed by atoms with Gasteiger partial charge in [0, 0.05) is 24.1 Å². The Balaban J connectivity index is 1.43. The molecule has 0 bridgehead atoms. The summed E-state index contributed by atoms with van der Waals surface area (Å²) in [7, 11) is 1.59. The topological polar surface area (TPSA) is 98.8 Å². The zero-order valence-corrected chi connectivity index (χ0v) is 15.6. The first kappa shape index (κ1) is 17.7. The van der Waals surface area contributed by atoms with Crippen LogP contribution in [0.5, 0.6) is 11.5 Å². The molecule has 1 aromatic heterocycles. The van der Waals surface area contributed by atoms with E-state index in [0.29, 0.717) is 35.3 Å². The third-order valence-corrected chi connectivity index (χ3v) is 5.54. The number of carbonyl (C=O) groups excluding carboxylic acids is 2. The summed E-state index contributed by atoms with van der Waals surface area (Å²) in [5.74, 6) is 0.579. The number of carbonyl (C=O) groups is 2. The second-order valence-corrected chi connectivity index (χ2v) is 7.31. The molecule has 0 saturated carbocycles. The first-order chi connectivity index (χ1) is 13.2. The minimum absolute atomic E-state index is 0.0512. The molecule has 2 aliphatic rings. The summed E-state index contributed by atoms with van der Waals surface area (Å²) >= 11 is 1.42. The molecule has 1 aromatic carbocycles. The van der Waals surface area contributed by atoms with Gasteiger partial charge in [-0.3, -0.25) is 14.9 Å². The molecular formula is C18H19N3O5S. The molecule has 27 heavy (non-hydrogen) atoms. The van der Waals surface area contributed by atoms with Crippen molar-refractivity contribution in [2.24, 2.45) is 0 Å². The molecule has 0 saturated heterocycles. The first-order valence-corrected chi connectivity index (χ1v) is 9.44. The molecule has 1 atom stereocenters. The first-order valence-electron chi connectivity index (χ1n) is 8.63. The van der Waals surface area contributed by atoms with E-state index in [1.54, 1.807) is 25.3 Å². The van der Waals surface area contributed by atoms with E-state index in [9.17, 15) is 9.59 Å². The van der Waals surface area contributed by atoms with E-state index < -0.39 is 0 Å². The van der Waals surface area contributed by atoms with Crippen LogP contribution in [-0.4, -0.2) is 43.9 Å². The van der Waals surface area contributed by atoms with Crippen LogP contribution in [0.4, 0.5) is 5.13 Å². The van der Waals surface area contributed by atoms with Crippen LogP contribution in [-0.2, 0) is 16.0 Å². The minimum atomic E-state index is -0.276. The van der Waals surface area contributed by atoms with Gasteiger partial charge in [-0.05, 0) is 31.0 Å². The Bertz CT molecular complexity index is 882. The van der Waals surface area contributed by atoms with Crippen LogP contribution in [0, 0.1) is 0 Å². The van der Waals surface area contributed by atoms with Gasteiger partial charge in [-0.1, -0.05) is 0 Å². The van der Waals surface area contributed by atoms with E-state index in [-0.39, 0.29) is 24.5 Å². The number of nitrogens with zero attached hydrogens (tertiary/aromatic N) is 1. The van der Waals surface area contributed by atoms with Gasteiger partial charge in [0.1, 0.15) is 0 Å². The quantitative estimate of drug-likeness (QED) is 0.733. The molecule has 2 heterocycles. The summed E-state index contributed by atoms with van der Waals surface area (Å²) < 4.78 is 15.5. The Labute approximate surface area is 159 Å². The van der Waals surface area contributed by atoms with Crippen molar-refractivity contribution in [1.82, 2.24) is 10.3 Å². The average Bonchev–Trinajstić information content (AvgIpc) is 3.36. The van der Waals surface area contributed by atoms with E-state index >= 15 is 0 Å². The predicted molar refractivity (Wildman–Crippen MR) is 98.6 cm³/mol. The van der Waals surface area contributed by atoms with Crippen LogP contribution in [0.1, 0.15) is 33.3 Å². The lowest BCUT2D eigenvalue weighted by molar-refractivity contribution is -0.122. The van der Waals surface area contributed by atoms with Gasteiger partial charge in [-0.15, -0.1) is 11.3 Å². The maximum Gasteiger partial charge on any atom is 0.257 e. The Hall–Kier alpha value is -2.65. The Morgan fingerprint density at radius 1 is 1.33 bits per heavy atom. The van der Waals surface area contributed by atoms with Gasteiger partial charge in [0.05, 0.1) is 18.2 Å². The summed E-state index contributed by atoms with van der Waals surface area (Å²) in [5, 5.41) is 6.16. The van der Waals surface area contributed by atoms with Crippen LogP contribution in [0.25, 0.3) is 0 Å². The van der Waals surface area contributed by atoms with Gasteiger partial charge >= 0.3 is 0 Å². The van der Waals surface area contributed by atoms with Gasteiger partial charge in [0.2, 0.25) is 12.7 Å². The fourth-order valence-electron chi connectivity index (χ4n) is 3.14. The third kappa shape index (κ3) is 3.60. The molecular weight excluding hydrogens is 370 g/mol.